The van der Waals surface area contributed by atoms with Crippen molar-refractivity contribution in [3.05, 3.63) is 81.0 Å². The fourth-order valence-electron chi connectivity index (χ4n) is 3.41. The third kappa shape index (κ3) is 3.66. The Kier molecular flexibility index (Phi) is 5.04. The summed E-state index contributed by atoms with van der Waals surface area (Å²) in [5.74, 6) is 0.400. The average Bonchev–Trinajstić information content (AvgIpc) is 2.71. The van der Waals surface area contributed by atoms with Crippen LogP contribution in [0.25, 0.3) is 21.9 Å². The number of rotatable bonds is 4. The van der Waals surface area contributed by atoms with Crippen LogP contribution in [0, 0.1) is 27.7 Å². The Morgan fingerprint density at radius 3 is 2.43 bits per heavy atom. The van der Waals surface area contributed by atoms with Crippen LogP contribution in [0.2, 0.25) is 0 Å². The molecule has 1 amide bonds. The van der Waals surface area contributed by atoms with Crippen molar-refractivity contribution in [1.82, 2.24) is 0 Å². The predicted molar refractivity (Wildman–Crippen MR) is 120 cm³/mol. The van der Waals surface area contributed by atoms with E-state index in [0.717, 1.165) is 22.3 Å². The summed E-state index contributed by atoms with van der Waals surface area (Å²) in [4.78, 5) is 25.2. The number of benzene rings is 3. The van der Waals surface area contributed by atoms with Crippen molar-refractivity contribution in [1.29, 1.82) is 0 Å². The Bertz CT molecular complexity index is 1350. The van der Waals surface area contributed by atoms with E-state index in [0.29, 0.717) is 33.4 Å². The quantitative estimate of drug-likeness (QED) is 0.478. The van der Waals surface area contributed by atoms with Gasteiger partial charge in [0.25, 0.3) is 5.91 Å². The largest absolute Gasteiger partial charge is 0.483 e. The molecule has 1 N–H and O–H groups in total. The van der Waals surface area contributed by atoms with Crippen LogP contribution in [-0.2, 0) is 4.79 Å². The molecule has 0 bridgehead atoms. The summed E-state index contributed by atoms with van der Waals surface area (Å²) in [5, 5.41) is 3.84. The number of carbonyl (C=O) groups is 1. The SMILES string of the molecule is Cc1cc2oc3cc(NC(=O)COc4cccc(C)c4C)ccc3c(=O)c2cc1C. The van der Waals surface area contributed by atoms with Crippen LogP contribution in [-0.4, -0.2) is 12.5 Å². The van der Waals surface area contributed by atoms with Crippen LogP contribution >= 0.6 is 0 Å². The first-order chi connectivity index (χ1) is 14.3. The molecule has 0 aliphatic carbocycles. The normalized spacial score (nSPS) is 11.1. The van der Waals surface area contributed by atoms with E-state index in [1.807, 2.05) is 58.0 Å². The Balaban J connectivity index is 1.58. The number of fused-ring (bicyclic) bond motifs is 2. The summed E-state index contributed by atoms with van der Waals surface area (Å²) in [6.07, 6.45) is 0. The van der Waals surface area contributed by atoms with Crippen molar-refractivity contribution < 1.29 is 13.9 Å². The number of carbonyl (C=O) groups excluding carboxylic acids is 1. The summed E-state index contributed by atoms with van der Waals surface area (Å²) < 4.78 is 11.6. The fraction of sp³-hybridized carbons (Fsp3) is 0.200. The number of anilines is 1. The van der Waals surface area contributed by atoms with E-state index in [1.165, 1.54) is 0 Å². The molecule has 0 saturated carbocycles. The average molecular weight is 401 g/mol. The van der Waals surface area contributed by atoms with Crippen LogP contribution in [0.5, 0.6) is 5.75 Å². The minimum atomic E-state index is -0.287. The monoisotopic (exact) mass is 401 g/mol. The maximum Gasteiger partial charge on any atom is 0.262 e. The first-order valence-electron chi connectivity index (χ1n) is 9.80. The molecular weight excluding hydrogens is 378 g/mol. The predicted octanol–water partition coefficient (Wildman–Crippen LogP) is 5.20. The van der Waals surface area contributed by atoms with Crippen molar-refractivity contribution in [2.45, 2.75) is 27.7 Å². The van der Waals surface area contributed by atoms with Gasteiger partial charge in [0.1, 0.15) is 16.9 Å². The summed E-state index contributed by atoms with van der Waals surface area (Å²) in [6.45, 7) is 7.80. The molecule has 0 saturated heterocycles. The number of amides is 1. The molecule has 5 nitrogen and oxygen atoms in total. The molecule has 3 aromatic carbocycles. The van der Waals surface area contributed by atoms with Gasteiger partial charge in [0.05, 0.1) is 10.8 Å². The lowest BCUT2D eigenvalue weighted by Gasteiger charge is -2.11. The van der Waals surface area contributed by atoms with Gasteiger partial charge in [-0.2, -0.15) is 0 Å². The summed E-state index contributed by atoms with van der Waals surface area (Å²) >= 11 is 0. The second kappa shape index (κ2) is 7.67. The Labute approximate surface area is 174 Å². The van der Waals surface area contributed by atoms with Gasteiger partial charge >= 0.3 is 0 Å². The number of hydrogen-bond acceptors (Lipinski definition) is 4. The highest BCUT2D eigenvalue weighted by Gasteiger charge is 2.12. The molecule has 5 heteroatoms. The molecule has 152 valence electrons. The molecule has 0 fully saturated rings. The van der Waals surface area contributed by atoms with Gasteiger partial charge < -0.3 is 14.5 Å². The maximum atomic E-state index is 12.8. The third-order valence-corrected chi connectivity index (χ3v) is 5.48. The Morgan fingerprint density at radius 2 is 1.63 bits per heavy atom. The van der Waals surface area contributed by atoms with E-state index in [9.17, 15) is 9.59 Å². The lowest BCUT2D eigenvalue weighted by atomic mass is 10.1. The maximum absolute atomic E-state index is 12.8. The van der Waals surface area contributed by atoms with Crippen molar-refractivity contribution in [2.75, 3.05) is 11.9 Å². The van der Waals surface area contributed by atoms with E-state index < -0.39 is 0 Å². The Hall–Kier alpha value is -3.60. The summed E-state index contributed by atoms with van der Waals surface area (Å²) in [6, 6.07) is 14.5. The lowest BCUT2D eigenvalue weighted by Crippen LogP contribution is -2.20. The first kappa shape index (κ1) is 19.7. The molecule has 0 atom stereocenters. The Morgan fingerprint density at radius 1 is 0.900 bits per heavy atom. The highest BCUT2D eigenvalue weighted by Crippen LogP contribution is 2.24. The van der Waals surface area contributed by atoms with E-state index in [1.54, 1.807) is 18.2 Å². The fourth-order valence-corrected chi connectivity index (χ4v) is 3.41. The zero-order valence-electron chi connectivity index (χ0n) is 17.5. The third-order valence-electron chi connectivity index (χ3n) is 5.48. The second-order valence-corrected chi connectivity index (χ2v) is 7.61. The van der Waals surface area contributed by atoms with Gasteiger partial charge in [0, 0.05) is 11.8 Å². The van der Waals surface area contributed by atoms with Crippen LogP contribution in [0.4, 0.5) is 5.69 Å². The molecule has 30 heavy (non-hydrogen) atoms. The molecule has 4 rings (SSSR count). The van der Waals surface area contributed by atoms with Crippen molar-refractivity contribution in [3.63, 3.8) is 0 Å². The zero-order valence-corrected chi connectivity index (χ0v) is 17.5. The molecular formula is C25H23NO4. The van der Waals surface area contributed by atoms with Crippen LogP contribution < -0.4 is 15.5 Å². The number of nitrogens with one attached hydrogen (secondary N) is 1. The van der Waals surface area contributed by atoms with Crippen LogP contribution in [0.3, 0.4) is 0 Å². The molecule has 4 aromatic rings. The molecule has 1 aromatic heterocycles. The van der Waals surface area contributed by atoms with Gasteiger partial charge in [-0.15, -0.1) is 0 Å². The van der Waals surface area contributed by atoms with Gasteiger partial charge in [-0.05, 0) is 80.3 Å². The number of aryl methyl sites for hydroxylation is 3. The van der Waals surface area contributed by atoms with E-state index >= 15 is 0 Å². The van der Waals surface area contributed by atoms with Gasteiger partial charge in [0.15, 0.2) is 6.61 Å². The molecule has 0 spiro atoms. The highest BCUT2D eigenvalue weighted by atomic mass is 16.5. The van der Waals surface area contributed by atoms with E-state index in [4.69, 9.17) is 9.15 Å². The lowest BCUT2D eigenvalue weighted by molar-refractivity contribution is -0.118. The van der Waals surface area contributed by atoms with Gasteiger partial charge in [-0.3, -0.25) is 9.59 Å². The molecule has 0 aliphatic heterocycles. The molecule has 1 heterocycles. The van der Waals surface area contributed by atoms with Crippen molar-refractivity contribution in [2.24, 2.45) is 0 Å². The summed E-state index contributed by atoms with van der Waals surface area (Å²) in [7, 11) is 0. The molecule has 0 radical (unpaired) electrons. The minimum absolute atomic E-state index is 0.0783. The second-order valence-electron chi connectivity index (χ2n) is 7.61. The molecule has 0 aliphatic rings. The molecule has 0 unspecified atom stereocenters. The first-order valence-corrected chi connectivity index (χ1v) is 9.80. The smallest absolute Gasteiger partial charge is 0.262 e. The highest BCUT2D eigenvalue weighted by molar-refractivity contribution is 5.96. The summed E-state index contributed by atoms with van der Waals surface area (Å²) in [5.41, 5.74) is 5.65. The van der Waals surface area contributed by atoms with Crippen molar-refractivity contribution >= 4 is 33.5 Å². The van der Waals surface area contributed by atoms with Crippen LogP contribution in [0.15, 0.2) is 57.7 Å². The van der Waals surface area contributed by atoms with E-state index in [-0.39, 0.29) is 17.9 Å². The zero-order chi connectivity index (χ0) is 21.4. The topological polar surface area (TPSA) is 68.5 Å². The number of hydrogen-bond donors (Lipinski definition) is 1. The van der Waals surface area contributed by atoms with Gasteiger partial charge in [0.2, 0.25) is 5.43 Å². The van der Waals surface area contributed by atoms with Gasteiger partial charge in [-0.1, -0.05) is 12.1 Å². The van der Waals surface area contributed by atoms with Gasteiger partial charge in [-0.25, -0.2) is 0 Å². The van der Waals surface area contributed by atoms with Crippen LogP contribution in [0.1, 0.15) is 22.3 Å². The van der Waals surface area contributed by atoms with E-state index in [2.05, 4.69) is 5.32 Å². The number of ether oxygens (including phenoxy) is 1. The van der Waals surface area contributed by atoms with Crippen molar-refractivity contribution in [3.8, 4) is 5.75 Å². The minimum Gasteiger partial charge on any atom is -0.483 e. The standard InChI is InChI=1S/C25H23NO4/c1-14-6-5-7-21(17(14)4)29-13-24(27)26-18-8-9-19-23(12-18)30-22-11-16(3)15(2)10-20(22)25(19)28/h5-12H,13H2,1-4H3,(H,26,27).